The van der Waals surface area contributed by atoms with Crippen molar-refractivity contribution in [1.82, 2.24) is 4.31 Å². The van der Waals surface area contributed by atoms with Crippen molar-refractivity contribution in [2.24, 2.45) is 10.9 Å². The third-order valence-electron chi connectivity index (χ3n) is 3.15. The first-order chi connectivity index (χ1) is 9.86. The fraction of sp³-hybridized carbons (Fsp3) is 0.417. The number of nitrogens with two attached hydrogens (primary N) is 1. The zero-order valence-corrected chi connectivity index (χ0v) is 11.9. The Morgan fingerprint density at radius 1 is 1.43 bits per heavy atom. The predicted molar refractivity (Wildman–Crippen MR) is 71.3 cm³/mol. The molecular weight excluding hydrogens is 304 g/mol. The molecule has 2 rings (SSSR count). The zero-order valence-electron chi connectivity index (χ0n) is 11.0. The van der Waals surface area contributed by atoms with Crippen LogP contribution in [-0.4, -0.2) is 36.4 Å². The van der Waals surface area contributed by atoms with Crippen LogP contribution in [0, 0.1) is 11.6 Å². The Balaban J connectivity index is 2.31. The minimum Gasteiger partial charge on any atom is -0.409 e. The van der Waals surface area contributed by atoms with Crippen LogP contribution in [-0.2, 0) is 10.0 Å². The van der Waals surface area contributed by atoms with Gasteiger partial charge in [-0.15, -0.1) is 0 Å². The molecule has 1 aromatic rings. The summed E-state index contributed by atoms with van der Waals surface area (Å²) in [6.45, 7) is -0.0567. The summed E-state index contributed by atoms with van der Waals surface area (Å²) in [6, 6.07) is 2.02. The van der Waals surface area contributed by atoms with Gasteiger partial charge in [0.1, 0.15) is 22.4 Å². The molecule has 1 aromatic carbocycles. The molecule has 0 atom stereocenters. The van der Waals surface area contributed by atoms with Crippen LogP contribution < -0.4 is 5.73 Å². The van der Waals surface area contributed by atoms with E-state index in [1.807, 2.05) is 0 Å². The van der Waals surface area contributed by atoms with Crippen LogP contribution in [0.25, 0.3) is 0 Å². The lowest BCUT2D eigenvalue weighted by atomic mass is 10.3. The Kier molecular flexibility index (Phi) is 4.43. The molecule has 0 radical (unpaired) electrons. The van der Waals surface area contributed by atoms with Gasteiger partial charge in [-0.05, 0) is 31.0 Å². The van der Waals surface area contributed by atoms with Crippen molar-refractivity contribution in [3.05, 3.63) is 29.8 Å². The standard InChI is InChI=1S/C12H15F2N3O3S/c13-8-1-4-10(14)11(7-8)21(19,20)17(9-2-3-9)6-5-12(15)16-18/h1,4,7,9,18H,2-3,5-6H2,(H2,15,16). The normalized spacial score (nSPS) is 16.4. The minimum atomic E-state index is -4.17. The van der Waals surface area contributed by atoms with Crippen molar-refractivity contribution in [3.63, 3.8) is 0 Å². The summed E-state index contributed by atoms with van der Waals surface area (Å²) in [6.07, 6.45) is 1.29. The molecule has 1 aliphatic rings. The van der Waals surface area contributed by atoms with E-state index in [1.165, 1.54) is 0 Å². The van der Waals surface area contributed by atoms with Gasteiger partial charge in [-0.2, -0.15) is 4.31 Å². The highest BCUT2D eigenvalue weighted by Crippen LogP contribution is 2.33. The Bertz CT molecular complexity index is 660. The second kappa shape index (κ2) is 5.94. The monoisotopic (exact) mass is 319 g/mol. The summed E-state index contributed by atoms with van der Waals surface area (Å²) in [5, 5.41) is 11.3. The first-order valence-electron chi connectivity index (χ1n) is 6.29. The van der Waals surface area contributed by atoms with Gasteiger partial charge in [0.15, 0.2) is 0 Å². The van der Waals surface area contributed by atoms with E-state index in [2.05, 4.69) is 5.16 Å². The molecule has 0 amide bonds. The van der Waals surface area contributed by atoms with Crippen LogP contribution in [0.4, 0.5) is 8.78 Å². The molecule has 0 unspecified atom stereocenters. The average molecular weight is 319 g/mol. The van der Waals surface area contributed by atoms with E-state index >= 15 is 0 Å². The van der Waals surface area contributed by atoms with E-state index in [9.17, 15) is 17.2 Å². The first-order valence-corrected chi connectivity index (χ1v) is 7.73. The molecule has 6 nitrogen and oxygen atoms in total. The molecule has 0 aromatic heterocycles. The highest BCUT2D eigenvalue weighted by molar-refractivity contribution is 7.89. The minimum absolute atomic E-state index is 0.00314. The molecule has 0 aliphatic heterocycles. The highest BCUT2D eigenvalue weighted by atomic mass is 32.2. The molecule has 0 spiro atoms. The summed E-state index contributed by atoms with van der Waals surface area (Å²) in [5.41, 5.74) is 5.32. The lowest BCUT2D eigenvalue weighted by Crippen LogP contribution is -2.36. The van der Waals surface area contributed by atoms with Gasteiger partial charge < -0.3 is 10.9 Å². The summed E-state index contributed by atoms with van der Waals surface area (Å²) < 4.78 is 52.9. The van der Waals surface area contributed by atoms with E-state index in [-0.39, 0.29) is 24.8 Å². The molecule has 1 saturated carbocycles. The van der Waals surface area contributed by atoms with Crippen molar-refractivity contribution in [2.45, 2.75) is 30.2 Å². The van der Waals surface area contributed by atoms with Crippen LogP contribution >= 0.6 is 0 Å². The number of nitrogens with zero attached hydrogens (tertiary/aromatic N) is 2. The topological polar surface area (TPSA) is 96.0 Å². The Labute approximate surface area is 120 Å². The molecule has 3 N–H and O–H groups in total. The van der Waals surface area contributed by atoms with Crippen molar-refractivity contribution < 1.29 is 22.4 Å². The number of amidine groups is 1. The zero-order chi connectivity index (χ0) is 15.6. The van der Waals surface area contributed by atoms with Crippen molar-refractivity contribution in [2.75, 3.05) is 6.54 Å². The summed E-state index contributed by atoms with van der Waals surface area (Å²) in [4.78, 5) is -0.700. The van der Waals surface area contributed by atoms with Crippen molar-refractivity contribution in [3.8, 4) is 0 Å². The van der Waals surface area contributed by atoms with E-state index in [0.717, 1.165) is 16.4 Å². The maximum atomic E-state index is 13.7. The number of hydrogen-bond acceptors (Lipinski definition) is 4. The Morgan fingerprint density at radius 2 is 2.10 bits per heavy atom. The van der Waals surface area contributed by atoms with Crippen LogP contribution in [0.3, 0.4) is 0 Å². The number of benzene rings is 1. The van der Waals surface area contributed by atoms with Gasteiger partial charge in [-0.3, -0.25) is 0 Å². The molecule has 0 saturated heterocycles. The lowest BCUT2D eigenvalue weighted by Gasteiger charge is -2.21. The van der Waals surface area contributed by atoms with E-state index in [1.54, 1.807) is 0 Å². The third kappa shape index (κ3) is 3.48. The van der Waals surface area contributed by atoms with Gasteiger partial charge in [0.05, 0.1) is 0 Å². The molecular formula is C12H15F2N3O3S. The second-order valence-electron chi connectivity index (χ2n) is 4.76. The molecule has 21 heavy (non-hydrogen) atoms. The fourth-order valence-electron chi connectivity index (χ4n) is 1.94. The largest absolute Gasteiger partial charge is 0.409 e. The van der Waals surface area contributed by atoms with Crippen LogP contribution in [0.1, 0.15) is 19.3 Å². The summed E-state index contributed by atoms with van der Waals surface area (Å²) in [5.74, 6) is -1.97. The van der Waals surface area contributed by atoms with Gasteiger partial charge in [-0.25, -0.2) is 17.2 Å². The number of halogens is 2. The third-order valence-corrected chi connectivity index (χ3v) is 5.12. The maximum absolute atomic E-state index is 13.7. The Morgan fingerprint density at radius 3 is 2.67 bits per heavy atom. The average Bonchev–Trinajstić information content (AvgIpc) is 3.25. The van der Waals surface area contributed by atoms with Crippen molar-refractivity contribution in [1.29, 1.82) is 0 Å². The smallest absolute Gasteiger partial charge is 0.246 e. The van der Waals surface area contributed by atoms with Crippen LogP contribution in [0.15, 0.2) is 28.3 Å². The number of oxime groups is 1. The summed E-state index contributed by atoms with van der Waals surface area (Å²) >= 11 is 0. The lowest BCUT2D eigenvalue weighted by molar-refractivity contribution is 0.315. The summed E-state index contributed by atoms with van der Waals surface area (Å²) in [7, 11) is -4.17. The van der Waals surface area contributed by atoms with E-state index in [0.29, 0.717) is 18.9 Å². The molecule has 116 valence electrons. The van der Waals surface area contributed by atoms with Gasteiger partial charge in [0, 0.05) is 19.0 Å². The second-order valence-corrected chi connectivity index (χ2v) is 6.62. The van der Waals surface area contributed by atoms with Crippen LogP contribution in [0.5, 0.6) is 0 Å². The molecule has 1 aliphatic carbocycles. The number of sulfonamides is 1. The van der Waals surface area contributed by atoms with E-state index < -0.39 is 26.6 Å². The van der Waals surface area contributed by atoms with Gasteiger partial charge >= 0.3 is 0 Å². The SMILES string of the molecule is NC(CCN(C1CC1)S(=O)(=O)c1cc(F)ccc1F)=NO. The fourth-order valence-corrected chi connectivity index (χ4v) is 3.70. The van der Waals surface area contributed by atoms with Crippen LogP contribution in [0.2, 0.25) is 0 Å². The molecule has 9 heteroatoms. The first kappa shape index (κ1) is 15.6. The molecule has 0 bridgehead atoms. The van der Waals surface area contributed by atoms with Gasteiger partial charge in [0.2, 0.25) is 10.0 Å². The van der Waals surface area contributed by atoms with E-state index in [4.69, 9.17) is 10.9 Å². The Hall–Kier alpha value is -1.74. The number of hydrogen-bond donors (Lipinski definition) is 2. The van der Waals surface area contributed by atoms with Gasteiger partial charge in [0.25, 0.3) is 0 Å². The predicted octanol–water partition coefficient (Wildman–Crippen LogP) is 1.25. The number of rotatable bonds is 6. The molecule has 1 fully saturated rings. The van der Waals surface area contributed by atoms with Gasteiger partial charge in [-0.1, -0.05) is 5.16 Å². The quantitative estimate of drug-likeness (QED) is 0.357. The highest BCUT2D eigenvalue weighted by Gasteiger charge is 2.39. The van der Waals surface area contributed by atoms with Crippen molar-refractivity contribution >= 4 is 15.9 Å². The molecule has 0 heterocycles. The maximum Gasteiger partial charge on any atom is 0.246 e.